The van der Waals surface area contributed by atoms with Crippen LogP contribution < -0.4 is 11.2 Å². The highest BCUT2D eigenvalue weighted by Crippen LogP contribution is 2.60. The van der Waals surface area contributed by atoms with Crippen molar-refractivity contribution in [2.45, 2.75) is 96.3 Å². The minimum absolute atomic E-state index is 0.0392. The van der Waals surface area contributed by atoms with Gasteiger partial charge in [0.1, 0.15) is 6.10 Å². The topological polar surface area (TPSA) is 149 Å². The molecule has 0 bridgehead atoms. The van der Waals surface area contributed by atoms with E-state index in [1.165, 1.54) is 16.8 Å². The molecule has 2 heterocycles. The molecule has 2 unspecified atom stereocenters. The third-order valence-electron chi connectivity index (χ3n) is 6.14. The summed E-state index contributed by atoms with van der Waals surface area (Å²) in [5.74, 6) is -0.868. The molecule has 0 aromatic carbocycles. The lowest BCUT2D eigenvalue weighted by atomic mass is 10.0. The van der Waals surface area contributed by atoms with Crippen molar-refractivity contribution in [1.29, 1.82) is 0 Å². The fourth-order valence-corrected chi connectivity index (χ4v) is 5.35. The molecule has 190 valence electrons. The largest absolute Gasteiger partial charge is 0.377 e. The van der Waals surface area contributed by atoms with E-state index in [1.807, 2.05) is 0 Å². The molecule has 0 radical (unpaired) electrons. The van der Waals surface area contributed by atoms with E-state index in [0.29, 0.717) is 6.42 Å². The van der Waals surface area contributed by atoms with Crippen molar-refractivity contribution in [2.75, 3.05) is 13.2 Å². The van der Waals surface area contributed by atoms with Crippen LogP contribution >= 0.6 is 7.60 Å². The van der Waals surface area contributed by atoms with Crippen LogP contribution in [0, 0.1) is 0 Å². The Morgan fingerprint density at radius 1 is 1.30 bits per heavy atom. The summed E-state index contributed by atoms with van der Waals surface area (Å²) in [5.41, 5.74) is -2.27. The first-order valence-electron chi connectivity index (χ1n) is 11.2. The Bertz CT molecular complexity index is 956. The predicted octanol–water partition coefficient (Wildman–Crippen LogP) is 2.47. The molecule has 1 saturated heterocycles. The lowest BCUT2D eigenvalue weighted by Gasteiger charge is -2.37. The van der Waals surface area contributed by atoms with Crippen molar-refractivity contribution in [3.8, 4) is 0 Å². The number of rotatable bonds is 12. The maximum Gasteiger partial charge on any atom is 0.359 e. The van der Waals surface area contributed by atoms with Gasteiger partial charge in [-0.05, 0) is 40.0 Å². The van der Waals surface area contributed by atoms with Gasteiger partial charge in [-0.15, -0.1) is 0 Å². The second kappa shape index (κ2) is 10.5. The zero-order valence-corrected chi connectivity index (χ0v) is 21.1. The van der Waals surface area contributed by atoms with Crippen molar-refractivity contribution in [3.05, 3.63) is 33.1 Å². The first-order chi connectivity index (χ1) is 15.2. The number of hydrogen-bond donors (Lipinski definition) is 3. The summed E-state index contributed by atoms with van der Waals surface area (Å²) in [6.45, 7) is 10.4. The molecule has 0 saturated carbocycles. The van der Waals surface area contributed by atoms with E-state index in [4.69, 9.17) is 18.7 Å². The van der Waals surface area contributed by atoms with Gasteiger partial charge in [0.2, 0.25) is 0 Å². The molecule has 11 nitrogen and oxygen atoms in total. The highest BCUT2D eigenvalue weighted by molar-refractivity contribution is 7.54. The molecule has 33 heavy (non-hydrogen) atoms. The summed E-state index contributed by atoms with van der Waals surface area (Å²) in [7, 11) is -4.37. The Kier molecular flexibility index (Phi) is 8.89. The molecule has 12 heteroatoms. The summed E-state index contributed by atoms with van der Waals surface area (Å²) in [5, 5.41) is 8.72. The lowest BCUT2D eigenvalue weighted by molar-refractivity contribution is -0.170. The van der Waals surface area contributed by atoms with Crippen molar-refractivity contribution in [1.82, 2.24) is 9.55 Å². The first-order valence-corrected chi connectivity index (χ1v) is 12.8. The SMILES string of the molecule is CCC(C)(CCO[C@H]([C@H]1COC(C)(C)O1)n1ccc(=O)[nH]c1=O)OP(=O)(O)C(O)(CC)CC. The zero-order valence-electron chi connectivity index (χ0n) is 20.2. The van der Waals surface area contributed by atoms with Crippen molar-refractivity contribution < 1.29 is 33.3 Å². The summed E-state index contributed by atoms with van der Waals surface area (Å²) in [4.78, 5) is 36.6. The zero-order chi connectivity index (χ0) is 25.1. The molecule has 1 aliphatic heterocycles. The molecule has 4 atom stereocenters. The number of ether oxygens (including phenoxy) is 3. The van der Waals surface area contributed by atoms with Gasteiger partial charge in [0.15, 0.2) is 17.4 Å². The van der Waals surface area contributed by atoms with Gasteiger partial charge >= 0.3 is 13.3 Å². The van der Waals surface area contributed by atoms with Crippen LogP contribution in [0.2, 0.25) is 0 Å². The van der Waals surface area contributed by atoms with Crippen LogP contribution in [0.15, 0.2) is 21.9 Å². The van der Waals surface area contributed by atoms with Crippen LogP contribution in [0.25, 0.3) is 0 Å². The standard InChI is InChI=1S/C21H37N2O9P/c1-7-20(6,32-33(27,28)21(26,8-2)9-3)11-13-29-17(15-14-30-19(4,5)31-15)23-12-10-16(24)22-18(23)25/h10,12,15,17,26H,7-9,11,13-14H2,1-6H3,(H,27,28)(H,22,24,25)/t15-,17-,20?/m1/s1. The first kappa shape index (κ1) is 27.9. The van der Waals surface area contributed by atoms with Crippen LogP contribution in [-0.2, 0) is 23.3 Å². The van der Waals surface area contributed by atoms with Gasteiger partial charge in [-0.1, -0.05) is 20.8 Å². The summed E-state index contributed by atoms with van der Waals surface area (Å²) in [6, 6.07) is 1.20. The fourth-order valence-electron chi connectivity index (χ4n) is 3.57. The summed E-state index contributed by atoms with van der Waals surface area (Å²) < 4.78 is 37.2. The Hall–Kier alpha value is -1.33. The predicted molar refractivity (Wildman–Crippen MR) is 121 cm³/mol. The number of hydrogen-bond acceptors (Lipinski definition) is 8. The molecular weight excluding hydrogens is 455 g/mol. The van der Waals surface area contributed by atoms with E-state index >= 15 is 0 Å². The number of H-pyrrole nitrogens is 1. The molecule has 1 aromatic rings. The van der Waals surface area contributed by atoms with E-state index in [0.717, 1.165) is 0 Å². The van der Waals surface area contributed by atoms with Gasteiger partial charge in [-0.3, -0.25) is 18.9 Å². The van der Waals surface area contributed by atoms with Gasteiger partial charge in [0.05, 0.1) is 18.8 Å². The third kappa shape index (κ3) is 6.63. The van der Waals surface area contributed by atoms with Gasteiger partial charge in [-0.2, -0.15) is 0 Å². The van der Waals surface area contributed by atoms with E-state index < -0.39 is 47.9 Å². The second-order valence-corrected chi connectivity index (χ2v) is 11.1. The lowest BCUT2D eigenvalue weighted by Crippen LogP contribution is -2.40. The Labute approximate surface area is 193 Å². The smallest absolute Gasteiger partial charge is 0.359 e. The highest BCUT2D eigenvalue weighted by atomic mass is 31.2. The van der Waals surface area contributed by atoms with Gasteiger partial charge in [0.25, 0.3) is 5.56 Å². The third-order valence-corrected chi connectivity index (χ3v) is 8.52. The Balaban J connectivity index is 2.20. The normalized spacial score (nSPS) is 23.1. The number of aliphatic hydroxyl groups is 1. The van der Waals surface area contributed by atoms with Crippen LogP contribution in [-0.4, -0.2) is 55.6 Å². The van der Waals surface area contributed by atoms with E-state index in [2.05, 4.69) is 4.98 Å². The van der Waals surface area contributed by atoms with Crippen LogP contribution in [0.3, 0.4) is 0 Å². The minimum atomic E-state index is -4.37. The van der Waals surface area contributed by atoms with E-state index in [1.54, 1.807) is 41.5 Å². The Morgan fingerprint density at radius 2 is 1.94 bits per heavy atom. The van der Waals surface area contributed by atoms with Gasteiger partial charge in [-0.25, -0.2) is 4.79 Å². The summed E-state index contributed by atoms with van der Waals surface area (Å²) >= 11 is 0. The van der Waals surface area contributed by atoms with Crippen molar-refractivity contribution in [2.24, 2.45) is 0 Å². The summed E-state index contributed by atoms with van der Waals surface area (Å²) in [6.07, 6.45) is 0.486. The molecule has 0 amide bonds. The van der Waals surface area contributed by atoms with Crippen LogP contribution in [0.1, 0.15) is 73.5 Å². The van der Waals surface area contributed by atoms with Gasteiger partial charge < -0.3 is 28.7 Å². The van der Waals surface area contributed by atoms with E-state index in [9.17, 15) is 24.2 Å². The number of nitrogens with one attached hydrogen (secondary N) is 1. The molecular formula is C21H37N2O9P. The second-order valence-electron chi connectivity index (χ2n) is 9.00. The van der Waals surface area contributed by atoms with Crippen molar-refractivity contribution in [3.63, 3.8) is 0 Å². The maximum atomic E-state index is 12.9. The average Bonchev–Trinajstić information content (AvgIpc) is 3.10. The fraction of sp³-hybridized carbons (Fsp3) is 0.810. The number of nitrogens with zero attached hydrogens (tertiary/aromatic N) is 1. The highest BCUT2D eigenvalue weighted by Gasteiger charge is 2.48. The van der Waals surface area contributed by atoms with Gasteiger partial charge in [0, 0.05) is 18.7 Å². The molecule has 3 N–H and O–H groups in total. The quantitative estimate of drug-likeness (QED) is 0.374. The monoisotopic (exact) mass is 492 g/mol. The van der Waals surface area contributed by atoms with Crippen LogP contribution in [0.5, 0.6) is 0 Å². The molecule has 1 fully saturated rings. The van der Waals surface area contributed by atoms with Crippen molar-refractivity contribution >= 4 is 7.60 Å². The molecule has 0 spiro atoms. The molecule has 0 aliphatic carbocycles. The number of aromatic nitrogens is 2. The minimum Gasteiger partial charge on any atom is -0.377 e. The molecule has 1 aromatic heterocycles. The molecule has 2 rings (SSSR count). The van der Waals surface area contributed by atoms with E-state index in [-0.39, 0.29) is 32.5 Å². The average molecular weight is 493 g/mol. The molecule has 1 aliphatic rings. The van der Waals surface area contributed by atoms with Crippen LogP contribution in [0.4, 0.5) is 0 Å². The number of aromatic amines is 1. The Morgan fingerprint density at radius 3 is 2.42 bits per heavy atom. The maximum absolute atomic E-state index is 12.9.